The van der Waals surface area contributed by atoms with Crippen molar-refractivity contribution < 1.29 is 49.3 Å². The lowest BCUT2D eigenvalue weighted by atomic mass is 9.99. The van der Waals surface area contributed by atoms with Crippen molar-refractivity contribution in [3.05, 3.63) is 60.8 Å². The lowest BCUT2D eigenvalue weighted by molar-refractivity contribution is -0.305. The highest BCUT2D eigenvalue weighted by molar-refractivity contribution is 5.80. The molecule has 0 bridgehead atoms. The highest BCUT2D eigenvalue weighted by Crippen LogP contribution is 2.26. The molecular formula is C69H125NO10. The van der Waals surface area contributed by atoms with Crippen molar-refractivity contribution in [2.75, 3.05) is 13.2 Å². The molecule has 1 aliphatic heterocycles. The van der Waals surface area contributed by atoms with Crippen LogP contribution in [-0.2, 0) is 23.8 Å². The number of aliphatic hydroxyl groups excluding tert-OH is 5. The minimum Gasteiger partial charge on any atom is -0.454 e. The van der Waals surface area contributed by atoms with Gasteiger partial charge in [-0.2, -0.15) is 0 Å². The Kier molecular flexibility index (Phi) is 53.5. The van der Waals surface area contributed by atoms with Gasteiger partial charge in [-0.15, -0.1) is 0 Å². The summed E-state index contributed by atoms with van der Waals surface area (Å²) in [4.78, 5) is 26.6. The van der Waals surface area contributed by atoms with Crippen LogP contribution < -0.4 is 5.32 Å². The zero-order chi connectivity index (χ0) is 58.2. The summed E-state index contributed by atoms with van der Waals surface area (Å²) in [6.07, 6.45) is 61.1. The number of hydrogen-bond acceptors (Lipinski definition) is 10. The van der Waals surface area contributed by atoms with Gasteiger partial charge in [0, 0.05) is 6.42 Å². The third-order valence-electron chi connectivity index (χ3n) is 15.7. The number of nitrogens with one attached hydrogen (secondary N) is 1. The molecule has 0 radical (unpaired) electrons. The van der Waals surface area contributed by atoms with Gasteiger partial charge in [-0.05, 0) is 70.6 Å². The Balaban J connectivity index is 2.62. The third-order valence-corrected chi connectivity index (χ3v) is 15.7. The molecule has 80 heavy (non-hydrogen) atoms. The molecule has 8 atom stereocenters. The van der Waals surface area contributed by atoms with Crippen LogP contribution in [0, 0.1) is 0 Å². The van der Waals surface area contributed by atoms with E-state index in [1.807, 2.05) is 6.08 Å². The van der Waals surface area contributed by atoms with Crippen molar-refractivity contribution in [2.24, 2.45) is 0 Å². The number of carbonyl (C=O) groups excluding carboxylic acids is 2. The lowest BCUT2D eigenvalue weighted by Gasteiger charge is -2.41. The van der Waals surface area contributed by atoms with Crippen molar-refractivity contribution in [3.63, 3.8) is 0 Å². The van der Waals surface area contributed by atoms with E-state index in [0.717, 1.165) is 83.5 Å². The minimum absolute atomic E-state index is 0.126. The molecule has 1 amide bonds. The highest BCUT2D eigenvalue weighted by atomic mass is 16.7. The van der Waals surface area contributed by atoms with Crippen LogP contribution in [0.3, 0.4) is 0 Å². The first-order chi connectivity index (χ1) is 39.2. The van der Waals surface area contributed by atoms with Crippen molar-refractivity contribution in [3.8, 4) is 0 Å². The summed E-state index contributed by atoms with van der Waals surface area (Å²) in [6, 6.07) is -1.03. The monoisotopic (exact) mass is 1130 g/mol. The molecule has 0 aromatic carbocycles. The number of hydrogen-bond donors (Lipinski definition) is 6. The van der Waals surface area contributed by atoms with Gasteiger partial charge in [0.25, 0.3) is 0 Å². The first-order valence-corrected chi connectivity index (χ1v) is 33.6. The first-order valence-electron chi connectivity index (χ1n) is 33.6. The van der Waals surface area contributed by atoms with E-state index in [1.165, 1.54) is 173 Å². The Labute approximate surface area is 490 Å². The molecule has 466 valence electrons. The predicted molar refractivity (Wildman–Crippen MR) is 333 cm³/mol. The summed E-state index contributed by atoms with van der Waals surface area (Å²) in [5.74, 6) is -1.19. The number of ether oxygens (including phenoxy) is 3. The lowest BCUT2D eigenvalue weighted by Crippen LogP contribution is -2.61. The molecule has 1 fully saturated rings. The fourth-order valence-electron chi connectivity index (χ4n) is 10.3. The number of allylic oxidation sites excluding steroid dienone is 9. The zero-order valence-electron chi connectivity index (χ0n) is 51.7. The fourth-order valence-corrected chi connectivity index (χ4v) is 10.3. The van der Waals surface area contributed by atoms with Gasteiger partial charge in [-0.3, -0.25) is 9.59 Å². The first kappa shape index (κ1) is 75.4. The molecule has 0 aromatic rings. The van der Waals surface area contributed by atoms with Gasteiger partial charge in [-0.1, -0.05) is 287 Å². The quantitative estimate of drug-likeness (QED) is 0.0195. The second kappa shape index (κ2) is 56.8. The average Bonchev–Trinajstić information content (AvgIpc) is 3.46. The highest BCUT2D eigenvalue weighted by Gasteiger charge is 2.47. The largest absolute Gasteiger partial charge is 0.454 e. The number of carbonyl (C=O) groups is 2. The molecule has 0 saturated carbocycles. The van der Waals surface area contributed by atoms with Crippen molar-refractivity contribution >= 4 is 11.9 Å². The average molecular weight is 1130 g/mol. The topological polar surface area (TPSA) is 175 Å². The molecule has 11 heteroatoms. The minimum atomic E-state index is -1.61. The van der Waals surface area contributed by atoms with E-state index < -0.39 is 67.4 Å². The van der Waals surface area contributed by atoms with Crippen LogP contribution in [0.2, 0.25) is 0 Å². The molecule has 0 spiro atoms. The molecule has 8 unspecified atom stereocenters. The number of unbranched alkanes of at least 4 members (excludes halogenated alkanes) is 35. The van der Waals surface area contributed by atoms with Crippen LogP contribution in [0.1, 0.15) is 303 Å². The van der Waals surface area contributed by atoms with Crippen LogP contribution in [-0.4, -0.2) is 99.6 Å². The van der Waals surface area contributed by atoms with E-state index in [1.54, 1.807) is 6.08 Å². The van der Waals surface area contributed by atoms with Crippen LogP contribution in [0.4, 0.5) is 0 Å². The third kappa shape index (κ3) is 44.0. The van der Waals surface area contributed by atoms with Crippen LogP contribution in [0.25, 0.3) is 0 Å². The summed E-state index contributed by atoms with van der Waals surface area (Å²) < 4.78 is 17.6. The Bertz CT molecular complexity index is 1530. The summed E-state index contributed by atoms with van der Waals surface area (Å²) in [6.45, 7) is 5.78. The van der Waals surface area contributed by atoms with E-state index in [0.29, 0.717) is 12.8 Å². The van der Waals surface area contributed by atoms with Crippen molar-refractivity contribution in [1.82, 2.24) is 5.32 Å². The van der Waals surface area contributed by atoms with E-state index in [2.05, 4.69) is 74.7 Å². The van der Waals surface area contributed by atoms with Gasteiger partial charge >= 0.3 is 5.97 Å². The normalized spacial score (nSPS) is 19.1. The second-order valence-corrected chi connectivity index (χ2v) is 23.2. The zero-order valence-corrected chi connectivity index (χ0v) is 51.7. The number of esters is 1. The maximum absolute atomic E-state index is 13.5. The Morgan fingerprint density at radius 3 is 1.31 bits per heavy atom. The van der Waals surface area contributed by atoms with Crippen LogP contribution in [0.15, 0.2) is 60.8 Å². The van der Waals surface area contributed by atoms with E-state index in [4.69, 9.17) is 14.2 Å². The molecule has 1 rings (SSSR count). The van der Waals surface area contributed by atoms with Crippen LogP contribution in [0.5, 0.6) is 0 Å². The van der Waals surface area contributed by atoms with E-state index in [-0.39, 0.29) is 19.4 Å². The Hall–Kier alpha value is -2.64. The number of amides is 1. The van der Waals surface area contributed by atoms with E-state index >= 15 is 0 Å². The molecular weight excluding hydrogens is 1000 g/mol. The van der Waals surface area contributed by atoms with Gasteiger partial charge in [0.05, 0.1) is 25.4 Å². The molecule has 0 aliphatic carbocycles. The van der Waals surface area contributed by atoms with Gasteiger partial charge in [0.15, 0.2) is 12.4 Å². The smallest absolute Gasteiger partial charge is 0.306 e. The second-order valence-electron chi connectivity index (χ2n) is 23.2. The molecule has 1 aliphatic rings. The van der Waals surface area contributed by atoms with Crippen molar-refractivity contribution in [1.29, 1.82) is 0 Å². The predicted octanol–water partition coefficient (Wildman–Crippen LogP) is 16.6. The fraction of sp³-hybridized carbons (Fsp3) is 0.826. The summed E-state index contributed by atoms with van der Waals surface area (Å²) in [5, 5.41) is 57.1. The summed E-state index contributed by atoms with van der Waals surface area (Å²) in [7, 11) is 0. The SMILES string of the molecule is CCCCC/C=C\C/C=C\C/C=C\C/C=C\CCCCCCCCCCC(O)C(=O)NC(COC1OC(CO)C(O)C(O)C1OC(=O)CCCCCCCCCCCCCCCCC)C(O)/C=C/CCCCCCCCCCCC. The van der Waals surface area contributed by atoms with Gasteiger partial charge < -0.3 is 45.1 Å². The van der Waals surface area contributed by atoms with Crippen molar-refractivity contribution in [2.45, 2.75) is 352 Å². The summed E-state index contributed by atoms with van der Waals surface area (Å²) in [5.41, 5.74) is 0. The van der Waals surface area contributed by atoms with Crippen LogP contribution >= 0.6 is 0 Å². The number of rotatable bonds is 57. The summed E-state index contributed by atoms with van der Waals surface area (Å²) >= 11 is 0. The molecule has 0 aromatic heterocycles. The maximum atomic E-state index is 13.5. The molecule has 6 N–H and O–H groups in total. The molecule has 1 saturated heterocycles. The van der Waals surface area contributed by atoms with E-state index in [9.17, 15) is 35.1 Å². The van der Waals surface area contributed by atoms with Gasteiger partial charge in [0.1, 0.15) is 24.4 Å². The van der Waals surface area contributed by atoms with Gasteiger partial charge in [0.2, 0.25) is 5.91 Å². The maximum Gasteiger partial charge on any atom is 0.306 e. The molecule has 1 heterocycles. The van der Waals surface area contributed by atoms with Gasteiger partial charge in [-0.25, -0.2) is 0 Å². The Morgan fingerprint density at radius 1 is 0.487 bits per heavy atom. The standard InChI is InChI=1S/C69H125NO10/c1-4-7-10-13-16-19-22-25-27-28-29-30-31-32-33-34-35-37-38-41-44-47-50-53-56-62(73)68(77)70-60(61(72)55-52-49-46-43-40-24-21-18-15-12-9-6-3)59-78-69-67(66(76)65(75)63(58-71)79-69)80-64(74)57-54-51-48-45-42-39-36-26-23-20-17-14-11-8-5-2/h16,19,25,27,29-30,32-33,52,55,60-63,65-67,69,71-73,75-76H,4-15,17-18,20-24,26,28,31,34-51,53-54,56-59H2,1-3H3,(H,70,77)/b19-16-,27-25-,30-29-,33-32-,55-52+. The Morgan fingerprint density at radius 2 is 0.863 bits per heavy atom. The molecule has 11 nitrogen and oxygen atoms in total. The number of aliphatic hydroxyl groups is 5.